The maximum atomic E-state index is 5.98. The van der Waals surface area contributed by atoms with E-state index in [1.807, 2.05) is 55.0 Å². The van der Waals surface area contributed by atoms with Gasteiger partial charge < -0.3 is 4.57 Å². The third kappa shape index (κ3) is 3.61. The van der Waals surface area contributed by atoms with Gasteiger partial charge in [0.25, 0.3) is 0 Å². The van der Waals surface area contributed by atoms with Gasteiger partial charge in [0.15, 0.2) is 0 Å². The van der Waals surface area contributed by atoms with Crippen LogP contribution in [0, 0.1) is 0 Å². The molecule has 1 aromatic heterocycles. The van der Waals surface area contributed by atoms with E-state index in [9.17, 15) is 0 Å². The predicted molar refractivity (Wildman–Crippen MR) is 88.0 cm³/mol. The molecule has 3 heteroatoms. The zero-order valence-corrected chi connectivity index (χ0v) is 12.2. The Hall–Kier alpha value is -2.32. The summed E-state index contributed by atoms with van der Waals surface area (Å²) < 4.78 is 2.06. The van der Waals surface area contributed by atoms with Crippen LogP contribution in [0.25, 0.3) is 11.6 Å². The van der Waals surface area contributed by atoms with Crippen LogP contribution in [0.3, 0.4) is 0 Å². The van der Waals surface area contributed by atoms with Gasteiger partial charge in [-0.25, -0.2) is 4.98 Å². The Balaban J connectivity index is 1.98. The van der Waals surface area contributed by atoms with Crippen LogP contribution in [0.5, 0.6) is 0 Å². The van der Waals surface area contributed by atoms with Crippen molar-refractivity contribution in [1.29, 1.82) is 0 Å². The summed E-state index contributed by atoms with van der Waals surface area (Å²) in [4.78, 5) is 4.10. The highest BCUT2D eigenvalue weighted by Crippen LogP contribution is 2.22. The largest absolute Gasteiger partial charge is 0.333 e. The van der Waals surface area contributed by atoms with Gasteiger partial charge in [-0.05, 0) is 34.9 Å². The third-order valence-electron chi connectivity index (χ3n) is 3.27. The highest BCUT2D eigenvalue weighted by Gasteiger charge is 2.03. The van der Waals surface area contributed by atoms with E-state index >= 15 is 0 Å². The fourth-order valence-corrected chi connectivity index (χ4v) is 2.34. The van der Waals surface area contributed by atoms with Crippen molar-refractivity contribution in [1.82, 2.24) is 9.55 Å². The molecule has 3 aromatic rings. The normalized spacial score (nSPS) is 11.6. The van der Waals surface area contributed by atoms with Crippen LogP contribution in [-0.2, 0) is 6.54 Å². The van der Waals surface area contributed by atoms with Gasteiger partial charge in [0.1, 0.15) is 0 Å². The molecule has 0 aliphatic heterocycles. The Morgan fingerprint density at radius 3 is 2.48 bits per heavy atom. The summed E-state index contributed by atoms with van der Waals surface area (Å²) in [6.45, 7) is 0.774. The Kier molecular flexibility index (Phi) is 4.17. The summed E-state index contributed by atoms with van der Waals surface area (Å²) in [5.41, 5.74) is 3.57. The molecule has 2 aromatic carbocycles. The van der Waals surface area contributed by atoms with Crippen LogP contribution in [0.2, 0.25) is 5.02 Å². The van der Waals surface area contributed by atoms with Crippen molar-refractivity contribution >= 4 is 23.3 Å². The van der Waals surface area contributed by atoms with E-state index in [1.165, 1.54) is 11.1 Å². The Morgan fingerprint density at radius 2 is 1.81 bits per heavy atom. The van der Waals surface area contributed by atoms with Gasteiger partial charge in [0.2, 0.25) is 0 Å². The molecule has 0 fully saturated rings. The lowest BCUT2D eigenvalue weighted by Crippen LogP contribution is -1.98. The monoisotopic (exact) mass is 294 g/mol. The fourth-order valence-electron chi connectivity index (χ4n) is 2.21. The maximum Gasteiger partial charge on any atom is 0.0949 e. The van der Waals surface area contributed by atoms with Crippen LogP contribution >= 0.6 is 11.6 Å². The smallest absolute Gasteiger partial charge is 0.0949 e. The van der Waals surface area contributed by atoms with E-state index < -0.39 is 0 Å². The van der Waals surface area contributed by atoms with Crippen LogP contribution in [0.15, 0.2) is 73.3 Å². The molecule has 2 nitrogen and oxygen atoms in total. The van der Waals surface area contributed by atoms with E-state index in [0.717, 1.165) is 17.1 Å². The van der Waals surface area contributed by atoms with Crippen molar-refractivity contribution < 1.29 is 0 Å². The Labute approximate surface area is 129 Å². The second-order valence-corrected chi connectivity index (χ2v) is 5.26. The van der Waals surface area contributed by atoms with E-state index in [1.54, 1.807) is 6.20 Å². The van der Waals surface area contributed by atoms with Crippen LogP contribution < -0.4 is 0 Å². The molecule has 0 N–H and O–H groups in total. The molecule has 0 atom stereocenters. The summed E-state index contributed by atoms with van der Waals surface area (Å²) in [5, 5.41) is 0.750. The first kappa shape index (κ1) is 13.7. The lowest BCUT2D eigenvalue weighted by atomic mass is 10.0. The molecule has 0 aliphatic rings. The Bertz CT molecular complexity index is 714. The molecule has 0 saturated carbocycles. The van der Waals surface area contributed by atoms with E-state index in [-0.39, 0.29) is 0 Å². The number of aromatic nitrogens is 2. The topological polar surface area (TPSA) is 17.8 Å². The van der Waals surface area contributed by atoms with Gasteiger partial charge in [0, 0.05) is 24.0 Å². The molecule has 104 valence electrons. The molecule has 21 heavy (non-hydrogen) atoms. The number of nitrogens with zero attached hydrogens (tertiary/aromatic N) is 2. The quantitative estimate of drug-likeness (QED) is 0.633. The molecule has 0 aliphatic carbocycles. The van der Waals surface area contributed by atoms with Gasteiger partial charge >= 0.3 is 0 Å². The minimum Gasteiger partial charge on any atom is -0.333 e. The molecule has 0 radical (unpaired) electrons. The average Bonchev–Trinajstić information content (AvgIpc) is 3.01. The average molecular weight is 295 g/mol. The molecule has 0 saturated heterocycles. The predicted octanol–water partition coefficient (Wildman–Crippen LogP) is 4.78. The first-order chi connectivity index (χ1) is 10.3. The van der Waals surface area contributed by atoms with E-state index in [2.05, 4.69) is 27.8 Å². The number of benzene rings is 2. The van der Waals surface area contributed by atoms with Crippen molar-refractivity contribution in [3.05, 3.63) is 89.5 Å². The fraction of sp³-hybridized carbons (Fsp3) is 0.0556. The molecular formula is C18H15ClN2. The number of halogens is 1. The second-order valence-electron chi connectivity index (χ2n) is 4.82. The summed E-state index contributed by atoms with van der Waals surface area (Å²) in [7, 11) is 0. The molecule has 0 spiro atoms. The van der Waals surface area contributed by atoms with Gasteiger partial charge in [-0.1, -0.05) is 54.1 Å². The minimum absolute atomic E-state index is 0.750. The van der Waals surface area contributed by atoms with Crippen molar-refractivity contribution in [3.8, 4) is 0 Å². The number of allylic oxidation sites excluding steroid dienone is 1. The first-order valence-corrected chi connectivity index (χ1v) is 7.16. The summed E-state index contributed by atoms with van der Waals surface area (Å²) >= 11 is 5.98. The first-order valence-electron chi connectivity index (χ1n) is 6.78. The van der Waals surface area contributed by atoms with E-state index in [0.29, 0.717) is 0 Å². The van der Waals surface area contributed by atoms with Gasteiger partial charge in [0.05, 0.1) is 6.33 Å². The summed E-state index contributed by atoms with van der Waals surface area (Å²) in [5.74, 6) is 0. The number of rotatable bonds is 4. The van der Waals surface area contributed by atoms with Crippen molar-refractivity contribution in [3.63, 3.8) is 0 Å². The minimum atomic E-state index is 0.750. The summed E-state index contributed by atoms with van der Waals surface area (Å²) in [6.07, 6.45) is 7.79. The van der Waals surface area contributed by atoms with Gasteiger partial charge in [-0.15, -0.1) is 0 Å². The Morgan fingerprint density at radius 1 is 1.05 bits per heavy atom. The lowest BCUT2D eigenvalue weighted by Gasteiger charge is -2.10. The number of hydrogen-bond donors (Lipinski definition) is 0. The highest BCUT2D eigenvalue weighted by molar-refractivity contribution is 6.30. The molecule has 1 heterocycles. The molecule has 3 rings (SSSR count). The van der Waals surface area contributed by atoms with Crippen molar-refractivity contribution in [2.24, 2.45) is 0 Å². The molecule has 0 amide bonds. The van der Waals surface area contributed by atoms with Crippen LogP contribution in [0.1, 0.15) is 11.1 Å². The van der Waals surface area contributed by atoms with Crippen LogP contribution in [0.4, 0.5) is 0 Å². The zero-order chi connectivity index (χ0) is 14.5. The lowest BCUT2D eigenvalue weighted by molar-refractivity contribution is 0.836. The number of hydrogen-bond acceptors (Lipinski definition) is 1. The molecular weight excluding hydrogens is 280 g/mol. The molecule has 0 bridgehead atoms. The van der Waals surface area contributed by atoms with Crippen LogP contribution in [-0.4, -0.2) is 9.55 Å². The standard InChI is InChI=1S/C18H15ClN2/c19-18-8-6-16(7-9-18)17(13-21-11-10-20-14-21)12-15-4-2-1-3-5-15/h1-12,14H,13H2. The highest BCUT2D eigenvalue weighted by atomic mass is 35.5. The summed E-state index contributed by atoms with van der Waals surface area (Å²) in [6, 6.07) is 18.3. The third-order valence-corrected chi connectivity index (χ3v) is 3.52. The second kappa shape index (κ2) is 6.42. The van der Waals surface area contributed by atoms with Crippen molar-refractivity contribution in [2.45, 2.75) is 6.54 Å². The zero-order valence-electron chi connectivity index (χ0n) is 11.5. The molecule has 0 unspecified atom stereocenters. The maximum absolute atomic E-state index is 5.98. The van der Waals surface area contributed by atoms with E-state index in [4.69, 9.17) is 11.6 Å². The number of imidazole rings is 1. The van der Waals surface area contributed by atoms with Crippen molar-refractivity contribution in [2.75, 3.05) is 0 Å². The van der Waals surface area contributed by atoms with Gasteiger partial charge in [-0.2, -0.15) is 0 Å². The van der Waals surface area contributed by atoms with Gasteiger partial charge in [-0.3, -0.25) is 0 Å². The SMILES string of the molecule is Clc1ccc(C(=Cc2ccccc2)Cn2ccnc2)cc1.